The summed E-state index contributed by atoms with van der Waals surface area (Å²) in [6.45, 7) is 0. The molecule has 0 aliphatic rings. The van der Waals surface area contributed by atoms with E-state index in [2.05, 4.69) is 170 Å². The smallest absolute Gasteiger partial charge is 0.136 e. The zero-order valence-electron chi connectivity index (χ0n) is 28.1. The molecule has 0 spiro atoms. The van der Waals surface area contributed by atoms with E-state index in [4.69, 9.17) is 8.83 Å². The number of rotatable bonds is 4. The maximum atomic E-state index is 6.79. The van der Waals surface area contributed by atoms with Gasteiger partial charge in [0.05, 0.1) is 12.5 Å². The summed E-state index contributed by atoms with van der Waals surface area (Å²) in [4.78, 5) is 0. The fourth-order valence-electron chi connectivity index (χ4n) is 8.68. The fraction of sp³-hybridized carbons (Fsp3) is 0. The van der Waals surface area contributed by atoms with Gasteiger partial charge in [0, 0.05) is 21.9 Å². The minimum atomic E-state index is 0.879. The van der Waals surface area contributed by atoms with E-state index >= 15 is 0 Å². The van der Waals surface area contributed by atoms with Crippen LogP contribution in [-0.4, -0.2) is 0 Å². The molecular formula is C50H30O2. The normalized spacial score (nSPS) is 11.8. The van der Waals surface area contributed by atoms with E-state index in [0.717, 1.165) is 33.1 Å². The molecule has 0 saturated heterocycles. The van der Waals surface area contributed by atoms with Crippen molar-refractivity contribution < 1.29 is 8.83 Å². The molecule has 0 amide bonds. The summed E-state index contributed by atoms with van der Waals surface area (Å²) in [5.74, 6) is 0. The Morgan fingerprint density at radius 1 is 0.308 bits per heavy atom. The lowest BCUT2D eigenvalue weighted by Gasteiger charge is -2.18. The minimum absolute atomic E-state index is 0.879. The van der Waals surface area contributed by atoms with Gasteiger partial charge < -0.3 is 8.83 Å². The lowest BCUT2D eigenvalue weighted by Crippen LogP contribution is -1.91. The Kier molecular flexibility index (Phi) is 6.28. The van der Waals surface area contributed by atoms with Crippen molar-refractivity contribution in [3.8, 4) is 44.5 Å². The Morgan fingerprint density at radius 2 is 0.808 bits per heavy atom. The van der Waals surface area contributed by atoms with E-state index < -0.39 is 0 Å². The number of hydrogen-bond acceptors (Lipinski definition) is 2. The summed E-state index contributed by atoms with van der Waals surface area (Å²) in [5, 5.41) is 12.0. The van der Waals surface area contributed by atoms with Gasteiger partial charge in [-0.1, -0.05) is 146 Å². The molecule has 242 valence electrons. The molecular weight excluding hydrogens is 633 g/mol. The van der Waals surface area contributed by atoms with E-state index in [9.17, 15) is 0 Å². The maximum Gasteiger partial charge on any atom is 0.136 e. The summed E-state index contributed by atoms with van der Waals surface area (Å²) in [5.41, 5.74) is 11.3. The van der Waals surface area contributed by atoms with Crippen LogP contribution in [-0.2, 0) is 0 Å². The van der Waals surface area contributed by atoms with Crippen LogP contribution in [0.5, 0.6) is 0 Å². The zero-order valence-corrected chi connectivity index (χ0v) is 28.1. The summed E-state index contributed by atoms with van der Waals surface area (Å²) < 4.78 is 12.4. The van der Waals surface area contributed by atoms with E-state index in [0.29, 0.717) is 0 Å². The molecule has 2 heteroatoms. The lowest BCUT2D eigenvalue weighted by molar-refractivity contribution is 0.568. The second-order valence-corrected chi connectivity index (χ2v) is 13.6. The van der Waals surface area contributed by atoms with Gasteiger partial charge in [0.25, 0.3) is 0 Å². The van der Waals surface area contributed by atoms with Gasteiger partial charge in [-0.3, -0.25) is 0 Å². The molecule has 0 aliphatic heterocycles. The third kappa shape index (κ3) is 4.19. The number of fused-ring (bicyclic) bond motifs is 7. The first-order chi connectivity index (χ1) is 25.8. The lowest BCUT2D eigenvalue weighted by atomic mass is 9.85. The van der Waals surface area contributed by atoms with Crippen molar-refractivity contribution in [3.05, 3.63) is 182 Å². The van der Waals surface area contributed by atoms with Gasteiger partial charge >= 0.3 is 0 Å². The molecule has 9 aromatic carbocycles. The fourth-order valence-corrected chi connectivity index (χ4v) is 8.68. The van der Waals surface area contributed by atoms with Crippen LogP contribution in [0.25, 0.3) is 110 Å². The quantitative estimate of drug-likeness (QED) is 0.175. The van der Waals surface area contributed by atoms with Crippen molar-refractivity contribution in [2.24, 2.45) is 0 Å². The van der Waals surface area contributed by atoms with Crippen LogP contribution in [0, 0.1) is 0 Å². The second kappa shape index (κ2) is 11.3. The molecule has 2 heterocycles. The Hall–Kier alpha value is -6.90. The topological polar surface area (TPSA) is 26.3 Å². The SMILES string of the molecule is c1ccc(-c2c3ccccc3c(-c3ccc4c(c3)oc3cccc(-c5c6ccccc6c(-c6ccoc6)c6ccccc56)c34)c3ccccc23)cc1. The second-order valence-electron chi connectivity index (χ2n) is 13.6. The number of furan rings is 2. The first kappa shape index (κ1) is 28.9. The molecule has 52 heavy (non-hydrogen) atoms. The monoisotopic (exact) mass is 662 g/mol. The molecule has 2 aromatic heterocycles. The van der Waals surface area contributed by atoms with Gasteiger partial charge in [-0.2, -0.15) is 0 Å². The largest absolute Gasteiger partial charge is 0.472 e. The van der Waals surface area contributed by atoms with Crippen molar-refractivity contribution in [3.63, 3.8) is 0 Å². The average molecular weight is 663 g/mol. The molecule has 0 bridgehead atoms. The summed E-state index contributed by atoms with van der Waals surface area (Å²) in [6, 6.07) is 61.1. The predicted octanol–water partition coefficient (Wildman–Crippen LogP) is 14.5. The van der Waals surface area contributed by atoms with E-state index in [1.54, 1.807) is 6.26 Å². The Balaban J connectivity index is 1.19. The highest BCUT2D eigenvalue weighted by Gasteiger charge is 2.22. The molecule has 0 aliphatic carbocycles. The van der Waals surface area contributed by atoms with E-state index in [1.165, 1.54) is 76.5 Å². The van der Waals surface area contributed by atoms with Crippen LogP contribution >= 0.6 is 0 Å². The Labute approximate surface area is 299 Å². The molecule has 0 unspecified atom stereocenters. The highest BCUT2D eigenvalue weighted by molar-refractivity contribution is 6.26. The molecule has 2 nitrogen and oxygen atoms in total. The molecule has 0 radical (unpaired) electrons. The van der Waals surface area contributed by atoms with Gasteiger partial charge in [0.15, 0.2) is 0 Å². The highest BCUT2D eigenvalue weighted by atomic mass is 16.3. The Morgan fingerprint density at radius 3 is 1.35 bits per heavy atom. The van der Waals surface area contributed by atoms with E-state index in [-0.39, 0.29) is 0 Å². The van der Waals surface area contributed by atoms with Crippen LogP contribution in [0.3, 0.4) is 0 Å². The summed E-state index contributed by atoms with van der Waals surface area (Å²) in [7, 11) is 0. The van der Waals surface area contributed by atoms with Gasteiger partial charge in [-0.15, -0.1) is 0 Å². The third-order valence-corrected chi connectivity index (χ3v) is 10.8. The summed E-state index contributed by atoms with van der Waals surface area (Å²) >= 11 is 0. The predicted molar refractivity (Wildman–Crippen MR) is 218 cm³/mol. The van der Waals surface area contributed by atoms with Gasteiger partial charge in [-0.25, -0.2) is 0 Å². The highest BCUT2D eigenvalue weighted by Crippen LogP contribution is 2.48. The summed E-state index contributed by atoms with van der Waals surface area (Å²) in [6.07, 6.45) is 3.60. The molecule has 11 rings (SSSR count). The standard InChI is InChI=1S/C50H30O2/c1-2-13-31(14-3-1)46-34-15-4-6-17-36(34)47(37-18-7-5-16-35(37)46)32-25-26-42-45(29-32)52-44-24-12-23-43(50(42)44)49-40-21-10-8-19-38(40)48(33-27-28-51-30-33)39-20-9-11-22-41(39)49/h1-30H. The molecule has 0 fully saturated rings. The van der Waals surface area contributed by atoms with Crippen molar-refractivity contribution in [2.45, 2.75) is 0 Å². The average Bonchev–Trinajstić information content (AvgIpc) is 3.87. The van der Waals surface area contributed by atoms with Gasteiger partial charge in [0.1, 0.15) is 11.2 Å². The molecule has 0 N–H and O–H groups in total. The van der Waals surface area contributed by atoms with Crippen molar-refractivity contribution in [1.29, 1.82) is 0 Å². The number of benzene rings is 9. The van der Waals surface area contributed by atoms with Gasteiger partial charge in [0.2, 0.25) is 0 Å². The molecule has 0 atom stereocenters. The first-order valence-corrected chi connectivity index (χ1v) is 17.7. The van der Waals surface area contributed by atoms with Crippen LogP contribution in [0.1, 0.15) is 0 Å². The van der Waals surface area contributed by atoms with Crippen molar-refractivity contribution >= 4 is 65.0 Å². The van der Waals surface area contributed by atoms with Crippen molar-refractivity contribution in [2.75, 3.05) is 0 Å². The van der Waals surface area contributed by atoms with E-state index in [1.807, 2.05) is 6.26 Å². The van der Waals surface area contributed by atoms with Crippen LogP contribution in [0.15, 0.2) is 191 Å². The molecule has 0 saturated carbocycles. The third-order valence-electron chi connectivity index (χ3n) is 10.8. The van der Waals surface area contributed by atoms with Crippen LogP contribution < -0.4 is 0 Å². The molecule has 11 aromatic rings. The van der Waals surface area contributed by atoms with Gasteiger partial charge in [-0.05, 0) is 101 Å². The zero-order chi connectivity index (χ0) is 34.2. The van der Waals surface area contributed by atoms with Crippen molar-refractivity contribution in [1.82, 2.24) is 0 Å². The van der Waals surface area contributed by atoms with Crippen LogP contribution in [0.2, 0.25) is 0 Å². The van der Waals surface area contributed by atoms with Crippen LogP contribution in [0.4, 0.5) is 0 Å². The maximum absolute atomic E-state index is 6.79. The number of hydrogen-bond donors (Lipinski definition) is 0. The first-order valence-electron chi connectivity index (χ1n) is 17.7. The minimum Gasteiger partial charge on any atom is -0.472 e. The Bertz CT molecular complexity index is 3050.